The Kier molecular flexibility index (Phi) is 9.11. The van der Waals surface area contributed by atoms with Crippen molar-refractivity contribution in [2.75, 3.05) is 20.3 Å². The minimum Gasteiger partial charge on any atom is -0.497 e. The highest BCUT2D eigenvalue weighted by Crippen LogP contribution is 2.21. The molecular formula is C21H32N2O4. The summed E-state index contributed by atoms with van der Waals surface area (Å²) >= 11 is 0. The first kappa shape index (κ1) is 21.2. The lowest BCUT2D eigenvalue weighted by Crippen LogP contribution is -2.33. The van der Waals surface area contributed by atoms with Gasteiger partial charge in [-0.3, -0.25) is 9.59 Å². The van der Waals surface area contributed by atoms with E-state index in [0.717, 1.165) is 30.6 Å². The Balaban J connectivity index is 1.73. The minimum atomic E-state index is -0.355. The number of hydrogen-bond acceptors (Lipinski definition) is 4. The van der Waals surface area contributed by atoms with Gasteiger partial charge in [0.1, 0.15) is 5.75 Å². The van der Waals surface area contributed by atoms with Crippen LogP contribution in [0, 0.1) is 0 Å². The van der Waals surface area contributed by atoms with E-state index in [-0.39, 0.29) is 24.3 Å². The van der Waals surface area contributed by atoms with Crippen LogP contribution >= 0.6 is 0 Å². The smallest absolute Gasteiger partial charge is 0.222 e. The normalized spacial score (nSPS) is 15.8. The maximum Gasteiger partial charge on any atom is 0.222 e. The molecule has 150 valence electrons. The summed E-state index contributed by atoms with van der Waals surface area (Å²) in [5.74, 6) is 0.495. The summed E-state index contributed by atoms with van der Waals surface area (Å²) in [6, 6.07) is 7.03. The van der Waals surface area contributed by atoms with Crippen LogP contribution in [0.15, 0.2) is 24.3 Å². The van der Waals surface area contributed by atoms with E-state index in [1.54, 1.807) is 7.11 Å². The van der Waals surface area contributed by atoms with E-state index in [4.69, 9.17) is 9.47 Å². The van der Waals surface area contributed by atoms with Crippen molar-refractivity contribution in [3.05, 3.63) is 29.8 Å². The van der Waals surface area contributed by atoms with Gasteiger partial charge >= 0.3 is 0 Å². The Labute approximate surface area is 162 Å². The molecule has 6 nitrogen and oxygen atoms in total. The Morgan fingerprint density at radius 1 is 1.15 bits per heavy atom. The third kappa shape index (κ3) is 7.99. The molecule has 1 aromatic carbocycles. The number of benzene rings is 1. The summed E-state index contributed by atoms with van der Waals surface area (Å²) in [7, 11) is 1.60. The fourth-order valence-corrected chi connectivity index (χ4v) is 3.37. The van der Waals surface area contributed by atoms with Gasteiger partial charge in [0.05, 0.1) is 25.7 Å². The summed E-state index contributed by atoms with van der Waals surface area (Å²) in [5, 5.41) is 5.77. The van der Waals surface area contributed by atoms with E-state index < -0.39 is 0 Å². The largest absolute Gasteiger partial charge is 0.497 e. The van der Waals surface area contributed by atoms with Crippen LogP contribution in [0.4, 0.5) is 0 Å². The molecule has 0 bridgehead atoms. The molecule has 1 aromatic rings. The van der Waals surface area contributed by atoms with Gasteiger partial charge in [-0.15, -0.1) is 0 Å². The second-order valence-electron chi connectivity index (χ2n) is 7.06. The van der Waals surface area contributed by atoms with Crippen LogP contribution < -0.4 is 15.4 Å². The molecule has 2 N–H and O–H groups in total. The molecule has 2 amide bonds. The Bertz CT molecular complexity index is 582. The Hall–Kier alpha value is -2.08. The zero-order valence-electron chi connectivity index (χ0n) is 16.5. The number of carbonyl (C=O) groups excluding carboxylic acids is 2. The van der Waals surface area contributed by atoms with Gasteiger partial charge in [-0.2, -0.15) is 0 Å². The van der Waals surface area contributed by atoms with Gasteiger partial charge in [0.2, 0.25) is 11.8 Å². The average Bonchev–Trinajstić information content (AvgIpc) is 2.68. The number of nitrogens with one attached hydrogen (secondary N) is 2. The van der Waals surface area contributed by atoms with Crippen molar-refractivity contribution in [3.8, 4) is 5.75 Å². The van der Waals surface area contributed by atoms with Gasteiger partial charge in [-0.05, 0) is 37.0 Å². The first-order valence-electron chi connectivity index (χ1n) is 9.88. The van der Waals surface area contributed by atoms with Crippen LogP contribution in [-0.4, -0.2) is 38.2 Å². The van der Waals surface area contributed by atoms with Crippen molar-refractivity contribution in [3.63, 3.8) is 0 Å². The molecule has 1 fully saturated rings. The Morgan fingerprint density at radius 2 is 1.85 bits per heavy atom. The van der Waals surface area contributed by atoms with Crippen LogP contribution in [0.25, 0.3) is 0 Å². The molecule has 1 unspecified atom stereocenters. The van der Waals surface area contributed by atoms with Crippen LogP contribution in [-0.2, 0) is 14.3 Å². The van der Waals surface area contributed by atoms with Crippen molar-refractivity contribution in [2.45, 2.75) is 64.0 Å². The zero-order chi connectivity index (χ0) is 19.5. The van der Waals surface area contributed by atoms with Crippen molar-refractivity contribution in [1.82, 2.24) is 10.6 Å². The molecule has 2 rings (SSSR count). The van der Waals surface area contributed by atoms with E-state index in [1.165, 1.54) is 26.2 Å². The molecule has 1 atom stereocenters. The van der Waals surface area contributed by atoms with Crippen LogP contribution in [0.2, 0.25) is 0 Å². The quantitative estimate of drug-likeness (QED) is 0.615. The standard InChI is InChI=1S/C21H32N2O4/c1-16(24)23-20(17-9-11-18(26-2)12-10-17)15-21(25)22-13-6-14-27-19-7-4-3-5-8-19/h9-12,19-20H,3-8,13-15H2,1-2H3,(H,22,25)(H,23,24). The van der Waals surface area contributed by atoms with Gasteiger partial charge in [0.25, 0.3) is 0 Å². The van der Waals surface area contributed by atoms with E-state index in [1.807, 2.05) is 24.3 Å². The fraction of sp³-hybridized carbons (Fsp3) is 0.619. The number of amides is 2. The second-order valence-corrected chi connectivity index (χ2v) is 7.06. The van der Waals surface area contributed by atoms with Crippen molar-refractivity contribution in [2.24, 2.45) is 0 Å². The van der Waals surface area contributed by atoms with Crippen molar-refractivity contribution < 1.29 is 19.1 Å². The number of carbonyl (C=O) groups is 2. The third-order valence-electron chi connectivity index (χ3n) is 4.83. The lowest BCUT2D eigenvalue weighted by atomic mass is 9.98. The highest BCUT2D eigenvalue weighted by atomic mass is 16.5. The first-order chi connectivity index (χ1) is 13.1. The second kappa shape index (κ2) is 11.6. The van der Waals surface area contributed by atoms with Gasteiger partial charge in [0.15, 0.2) is 0 Å². The summed E-state index contributed by atoms with van der Waals surface area (Å²) in [4.78, 5) is 23.8. The maximum absolute atomic E-state index is 12.3. The van der Waals surface area contributed by atoms with E-state index >= 15 is 0 Å². The lowest BCUT2D eigenvalue weighted by Gasteiger charge is -2.22. The van der Waals surface area contributed by atoms with Gasteiger partial charge in [0, 0.05) is 20.1 Å². The summed E-state index contributed by atoms with van der Waals surface area (Å²) in [5.41, 5.74) is 0.877. The predicted octanol–water partition coefficient (Wildman–Crippen LogP) is 3.12. The predicted molar refractivity (Wildman–Crippen MR) is 105 cm³/mol. The average molecular weight is 376 g/mol. The lowest BCUT2D eigenvalue weighted by molar-refractivity contribution is -0.122. The molecular weight excluding hydrogens is 344 g/mol. The fourth-order valence-electron chi connectivity index (χ4n) is 3.37. The summed E-state index contributed by atoms with van der Waals surface area (Å²) in [6.45, 7) is 2.72. The van der Waals surface area contributed by atoms with Crippen LogP contribution in [0.3, 0.4) is 0 Å². The van der Waals surface area contributed by atoms with Gasteiger partial charge in [-0.25, -0.2) is 0 Å². The molecule has 6 heteroatoms. The molecule has 1 aliphatic carbocycles. The van der Waals surface area contributed by atoms with Crippen molar-refractivity contribution in [1.29, 1.82) is 0 Å². The van der Waals surface area contributed by atoms with Gasteiger partial charge < -0.3 is 20.1 Å². The highest BCUT2D eigenvalue weighted by molar-refractivity contribution is 5.79. The number of methoxy groups -OCH3 is 1. The van der Waals surface area contributed by atoms with Crippen LogP contribution in [0.1, 0.15) is 63.5 Å². The Morgan fingerprint density at radius 3 is 2.48 bits per heavy atom. The van der Waals surface area contributed by atoms with E-state index in [2.05, 4.69) is 10.6 Å². The summed E-state index contributed by atoms with van der Waals surface area (Å²) in [6.07, 6.45) is 7.56. The number of hydrogen-bond donors (Lipinski definition) is 2. The zero-order valence-corrected chi connectivity index (χ0v) is 16.5. The van der Waals surface area contributed by atoms with Crippen molar-refractivity contribution >= 4 is 11.8 Å². The highest BCUT2D eigenvalue weighted by Gasteiger charge is 2.17. The monoisotopic (exact) mass is 376 g/mol. The van der Waals surface area contributed by atoms with E-state index in [9.17, 15) is 9.59 Å². The molecule has 0 saturated heterocycles. The molecule has 0 aliphatic heterocycles. The first-order valence-corrected chi connectivity index (χ1v) is 9.88. The van der Waals surface area contributed by atoms with Crippen LogP contribution in [0.5, 0.6) is 5.75 Å². The molecule has 1 saturated carbocycles. The topological polar surface area (TPSA) is 76.7 Å². The molecule has 27 heavy (non-hydrogen) atoms. The third-order valence-corrected chi connectivity index (χ3v) is 4.83. The minimum absolute atomic E-state index is 0.0813. The SMILES string of the molecule is COc1ccc(C(CC(=O)NCCCOC2CCCCC2)NC(C)=O)cc1. The van der Waals surface area contributed by atoms with E-state index in [0.29, 0.717) is 19.3 Å². The molecule has 1 aliphatic rings. The molecule has 0 aromatic heterocycles. The molecule has 0 heterocycles. The number of rotatable bonds is 10. The van der Waals surface area contributed by atoms with Gasteiger partial charge in [-0.1, -0.05) is 31.4 Å². The number of ether oxygens (including phenoxy) is 2. The summed E-state index contributed by atoms with van der Waals surface area (Å²) < 4.78 is 11.0. The maximum atomic E-state index is 12.3. The molecule has 0 radical (unpaired) electrons. The molecule has 0 spiro atoms.